The molecule has 0 amide bonds. The van der Waals surface area contributed by atoms with Crippen LogP contribution in [0, 0.1) is 5.92 Å². The zero-order valence-electron chi connectivity index (χ0n) is 11.9. The van der Waals surface area contributed by atoms with Crippen LogP contribution in [-0.2, 0) is 6.54 Å². The first-order chi connectivity index (χ1) is 9.21. The van der Waals surface area contributed by atoms with Gasteiger partial charge in [0.05, 0.1) is 7.11 Å². The van der Waals surface area contributed by atoms with Crippen LogP contribution in [0.25, 0.3) is 0 Å². The number of hydrogen-bond acceptors (Lipinski definition) is 4. The van der Waals surface area contributed by atoms with Crippen molar-refractivity contribution in [2.75, 3.05) is 26.7 Å². The van der Waals surface area contributed by atoms with Crippen molar-refractivity contribution in [3.63, 3.8) is 0 Å². The molecule has 0 aromatic carbocycles. The maximum atomic E-state index is 5.35. The quantitative estimate of drug-likeness (QED) is 0.894. The van der Waals surface area contributed by atoms with Crippen LogP contribution in [0.4, 0.5) is 0 Å². The first-order valence-electron chi connectivity index (χ1n) is 7.16. The molecule has 2 aliphatic rings. The van der Waals surface area contributed by atoms with Gasteiger partial charge in [-0.25, -0.2) is 4.98 Å². The van der Waals surface area contributed by atoms with E-state index < -0.39 is 0 Å². The highest BCUT2D eigenvalue weighted by molar-refractivity contribution is 5.25. The molecule has 2 heterocycles. The second-order valence-corrected chi connectivity index (χ2v) is 6.00. The predicted octanol–water partition coefficient (Wildman–Crippen LogP) is 1.66. The van der Waals surface area contributed by atoms with E-state index in [4.69, 9.17) is 4.74 Å². The molecule has 1 aromatic rings. The lowest BCUT2D eigenvalue weighted by Crippen LogP contribution is -2.59. The van der Waals surface area contributed by atoms with Crippen LogP contribution in [0.5, 0.6) is 5.88 Å². The average Bonchev–Trinajstić information content (AvgIpc) is 3.24. The fourth-order valence-electron chi connectivity index (χ4n) is 3.20. The van der Waals surface area contributed by atoms with E-state index in [0.717, 1.165) is 38.0 Å². The molecule has 1 atom stereocenters. The van der Waals surface area contributed by atoms with Crippen molar-refractivity contribution in [3.05, 3.63) is 23.9 Å². The van der Waals surface area contributed by atoms with Gasteiger partial charge < -0.3 is 10.1 Å². The number of nitrogens with zero attached hydrogens (tertiary/aromatic N) is 2. The third-order valence-corrected chi connectivity index (χ3v) is 4.42. The van der Waals surface area contributed by atoms with Gasteiger partial charge in [-0.2, -0.15) is 0 Å². The van der Waals surface area contributed by atoms with Crippen LogP contribution in [-0.4, -0.2) is 42.2 Å². The second kappa shape index (κ2) is 5.10. The van der Waals surface area contributed by atoms with E-state index in [1.165, 1.54) is 18.4 Å². The smallest absolute Gasteiger partial charge is 0.217 e. The molecule has 19 heavy (non-hydrogen) atoms. The third-order valence-electron chi connectivity index (χ3n) is 4.42. The van der Waals surface area contributed by atoms with Crippen LogP contribution < -0.4 is 10.1 Å². The lowest BCUT2D eigenvalue weighted by Gasteiger charge is -2.42. The van der Waals surface area contributed by atoms with E-state index in [0.29, 0.717) is 5.54 Å². The van der Waals surface area contributed by atoms with E-state index in [9.17, 15) is 0 Å². The maximum Gasteiger partial charge on any atom is 0.217 e. The molecule has 1 saturated carbocycles. The molecule has 0 spiro atoms. The van der Waals surface area contributed by atoms with Crippen LogP contribution in [0.15, 0.2) is 18.3 Å². The topological polar surface area (TPSA) is 37.4 Å². The number of pyridine rings is 1. The Kier molecular flexibility index (Phi) is 3.46. The van der Waals surface area contributed by atoms with E-state index in [1.54, 1.807) is 13.3 Å². The van der Waals surface area contributed by atoms with E-state index >= 15 is 0 Å². The number of aromatic nitrogens is 1. The van der Waals surface area contributed by atoms with Crippen molar-refractivity contribution in [2.45, 2.75) is 31.8 Å². The predicted molar refractivity (Wildman–Crippen MR) is 75.2 cm³/mol. The first kappa shape index (κ1) is 12.9. The van der Waals surface area contributed by atoms with E-state index in [2.05, 4.69) is 28.2 Å². The molecular formula is C15H23N3O. The Bertz CT molecular complexity index is 447. The highest BCUT2D eigenvalue weighted by Gasteiger charge is 2.43. The Balaban J connectivity index is 1.69. The molecule has 0 radical (unpaired) electrons. The number of ether oxygens (including phenoxy) is 1. The summed E-state index contributed by atoms with van der Waals surface area (Å²) in [4.78, 5) is 6.80. The summed E-state index contributed by atoms with van der Waals surface area (Å²) in [6.07, 6.45) is 4.55. The normalized spacial score (nSPS) is 28.3. The van der Waals surface area contributed by atoms with Gasteiger partial charge in [0, 0.05) is 43.5 Å². The van der Waals surface area contributed by atoms with Gasteiger partial charge >= 0.3 is 0 Å². The molecule has 3 rings (SSSR count). The van der Waals surface area contributed by atoms with Gasteiger partial charge in [-0.1, -0.05) is 6.07 Å². The monoisotopic (exact) mass is 261 g/mol. The molecule has 1 aliphatic heterocycles. The number of piperazine rings is 1. The van der Waals surface area contributed by atoms with Crippen LogP contribution in [0.1, 0.15) is 25.3 Å². The summed E-state index contributed by atoms with van der Waals surface area (Å²) in [6.45, 7) is 6.60. The van der Waals surface area contributed by atoms with Crippen LogP contribution in [0.3, 0.4) is 0 Å². The summed E-state index contributed by atoms with van der Waals surface area (Å²) in [5.41, 5.74) is 1.48. The van der Waals surface area contributed by atoms with Gasteiger partial charge in [0.2, 0.25) is 5.88 Å². The molecule has 1 aromatic heterocycles. The lowest BCUT2D eigenvalue weighted by molar-refractivity contribution is 0.120. The fourth-order valence-corrected chi connectivity index (χ4v) is 3.20. The Morgan fingerprint density at radius 3 is 3.11 bits per heavy atom. The summed E-state index contributed by atoms with van der Waals surface area (Å²) in [5, 5.41) is 3.71. The fraction of sp³-hybridized carbons (Fsp3) is 0.667. The van der Waals surface area contributed by atoms with Crippen molar-refractivity contribution in [1.82, 2.24) is 15.2 Å². The highest BCUT2D eigenvalue weighted by Crippen LogP contribution is 2.41. The third kappa shape index (κ3) is 2.74. The SMILES string of the molecule is COc1ncccc1CN1CCNC(C)(C2CC2)C1. The minimum atomic E-state index is 0.299. The van der Waals surface area contributed by atoms with Crippen molar-refractivity contribution in [3.8, 4) is 5.88 Å². The highest BCUT2D eigenvalue weighted by atomic mass is 16.5. The molecule has 1 aliphatic carbocycles. The minimum Gasteiger partial charge on any atom is -0.481 e. The maximum absolute atomic E-state index is 5.35. The molecule has 4 heteroatoms. The number of nitrogens with one attached hydrogen (secondary N) is 1. The minimum absolute atomic E-state index is 0.299. The summed E-state index contributed by atoms with van der Waals surface area (Å²) in [6, 6.07) is 4.10. The Hall–Kier alpha value is -1.13. The van der Waals surface area contributed by atoms with Crippen molar-refractivity contribution >= 4 is 0 Å². The summed E-state index contributed by atoms with van der Waals surface area (Å²) in [5.74, 6) is 1.63. The summed E-state index contributed by atoms with van der Waals surface area (Å²) in [7, 11) is 1.69. The number of hydrogen-bond donors (Lipinski definition) is 1. The Morgan fingerprint density at radius 1 is 1.53 bits per heavy atom. The first-order valence-corrected chi connectivity index (χ1v) is 7.16. The van der Waals surface area contributed by atoms with Gasteiger partial charge in [0.1, 0.15) is 0 Å². The molecule has 1 saturated heterocycles. The average molecular weight is 261 g/mol. The zero-order chi connectivity index (χ0) is 13.3. The van der Waals surface area contributed by atoms with Gasteiger partial charge in [-0.05, 0) is 31.7 Å². The summed E-state index contributed by atoms with van der Waals surface area (Å²) >= 11 is 0. The van der Waals surface area contributed by atoms with Gasteiger partial charge in [-0.15, -0.1) is 0 Å². The molecule has 2 fully saturated rings. The summed E-state index contributed by atoms with van der Waals surface area (Å²) < 4.78 is 5.35. The Morgan fingerprint density at radius 2 is 2.37 bits per heavy atom. The van der Waals surface area contributed by atoms with Crippen LogP contribution in [0.2, 0.25) is 0 Å². The lowest BCUT2D eigenvalue weighted by atomic mass is 9.93. The van der Waals surface area contributed by atoms with Gasteiger partial charge in [-0.3, -0.25) is 4.90 Å². The standard InChI is InChI=1S/C15H23N3O/c1-15(13-5-6-13)11-18(9-8-17-15)10-12-4-3-7-16-14(12)19-2/h3-4,7,13,17H,5-6,8-11H2,1-2H3. The van der Waals surface area contributed by atoms with E-state index in [-0.39, 0.29) is 0 Å². The second-order valence-electron chi connectivity index (χ2n) is 6.00. The molecule has 1 unspecified atom stereocenters. The molecule has 1 N–H and O–H groups in total. The Labute approximate surface area is 115 Å². The van der Waals surface area contributed by atoms with Crippen LogP contribution >= 0.6 is 0 Å². The van der Waals surface area contributed by atoms with Gasteiger partial charge in [0.15, 0.2) is 0 Å². The van der Waals surface area contributed by atoms with E-state index in [1.807, 2.05) is 6.07 Å². The zero-order valence-corrected chi connectivity index (χ0v) is 11.9. The molecule has 104 valence electrons. The number of rotatable bonds is 4. The molecule has 4 nitrogen and oxygen atoms in total. The molecule has 0 bridgehead atoms. The number of methoxy groups -OCH3 is 1. The van der Waals surface area contributed by atoms with Crippen molar-refractivity contribution < 1.29 is 4.74 Å². The van der Waals surface area contributed by atoms with Crippen molar-refractivity contribution in [1.29, 1.82) is 0 Å². The largest absolute Gasteiger partial charge is 0.481 e. The molecular weight excluding hydrogens is 238 g/mol. The van der Waals surface area contributed by atoms with Gasteiger partial charge in [0.25, 0.3) is 0 Å². The van der Waals surface area contributed by atoms with Crippen molar-refractivity contribution in [2.24, 2.45) is 5.92 Å².